The van der Waals surface area contributed by atoms with Gasteiger partial charge >= 0.3 is 0 Å². The molecule has 0 fully saturated rings. The van der Waals surface area contributed by atoms with Crippen LogP contribution in [0.1, 0.15) is 23.8 Å². The van der Waals surface area contributed by atoms with Gasteiger partial charge in [-0.05, 0) is 24.6 Å². The number of benzene rings is 1. The van der Waals surface area contributed by atoms with Gasteiger partial charge in [0.15, 0.2) is 11.5 Å². The van der Waals surface area contributed by atoms with Crippen molar-refractivity contribution in [1.29, 1.82) is 0 Å². The molecular formula is C16H19N9O2. The minimum Gasteiger partial charge on any atom is -0.368 e. The van der Waals surface area contributed by atoms with Crippen molar-refractivity contribution in [3.05, 3.63) is 30.1 Å². The van der Waals surface area contributed by atoms with Gasteiger partial charge in [0.2, 0.25) is 11.9 Å². The Hall–Kier alpha value is -3.76. The third-order valence-corrected chi connectivity index (χ3v) is 3.98. The van der Waals surface area contributed by atoms with E-state index in [9.17, 15) is 9.59 Å². The highest BCUT2D eigenvalue weighted by atomic mass is 16.1. The molecule has 1 atom stereocenters. The van der Waals surface area contributed by atoms with Gasteiger partial charge in [-0.15, -0.1) is 10.2 Å². The van der Waals surface area contributed by atoms with E-state index in [0.29, 0.717) is 12.1 Å². The van der Waals surface area contributed by atoms with Gasteiger partial charge in [0.05, 0.1) is 11.7 Å². The van der Waals surface area contributed by atoms with Crippen molar-refractivity contribution in [3.8, 4) is 0 Å². The van der Waals surface area contributed by atoms with Crippen molar-refractivity contribution in [3.63, 3.8) is 0 Å². The molecule has 0 aliphatic heterocycles. The lowest BCUT2D eigenvalue weighted by Crippen LogP contribution is -2.35. The Labute approximate surface area is 154 Å². The van der Waals surface area contributed by atoms with E-state index in [4.69, 9.17) is 11.5 Å². The molecule has 27 heavy (non-hydrogen) atoms. The zero-order chi connectivity index (χ0) is 19.6. The first kappa shape index (κ1) is 18.0. The molecule has 0 saturated carbocycles. The lowest BCUT2D eigenvalue weighted by atomic mass is 10.2. The Morgan fingerprint density at radius 3 is 2.70 bits per heavy atom. The highest BCUT2D eigenvalue weighted by molar-refractivity contribution is 5.96. The van der Waals surface area contributed by atoms with Crippen LogP contribution in [0.4, 0.5) is 17.5 Å². The molecule has 140 valence electrons. The average molecular weight is 369 g/mol. The number of nitrogens with one attached hydrogen (secondary N) is 2. The lowest BCUT2D eigenvalue weighted by molar-refractivity contribution is -0.118. The number of hydrogen-bond acceptors (Lipinski definition) is 8. The molecule has 0 aliphatic rings. The SMILES string of the molecule is CC[C@@H](Nc1nnc(C(N)=O)c(Nc2ccc3c(cnn3C)c2)n1)C(N)=O. The van der Waals surface area contributed by atoms with E-state index in [2.05, 4.69) is 30.9 Å². The number of nitrogens with two attached hydrogens (primary N) is 2. The highest BCUT2D eigenvalue weighted by Gasteiger charge is 2.18. The van der Waals surface area contributed by atoms with Crippen LogP contribution >= 0.6 is 0 Å². The average Bonchev–Trinajstić information content (AvgIpc) is 2.99. The van der Waals surface area contributed by atoms with Crippen LogP contribution in [0.3, 0.4) is 0 Å². The van der Waals surface area contributed by atoms with Gasteiger partial charge in [0.1, 0.15) is 6.04 Å². The largest absolute Gasteiger partial charge is 0.368 e. The monoisotopic (exact) mass is 369 g/mol. The highest BCUT2D eigenvalue weighted by Crippen LogP contribution is 2.23. The Kier molecular flexibility index (Phi) is 4.83. The summed E-state index contributed by atoms with van der Waals surface area (Å²) in [6.07, 6.45) is 2.16. The lowest BCUT2D eigenvalue weighted by Gasteiger charge is -2.14. The Morgan fingerprint density at radius 1 is 1.26 bits per heavy atom. The van der Waals surface area contributed by atoms with Gasteiger partial charge in [0, 0.05) is 18.1 Å². The number of aromatic nitrogens is 5. The summed E-state index contributed by atoms with van der Waals surface area (Å²) < 4.78 is 1.75. The maximum Gasteiger partial charge on any atom is 0.273 e. The Bertz CT molecular complexity index is 1010. The summed E-state index contributed by atoms with van der Waals surface area (Å²) in [5, 5.41) is 18.5. The van der Waals surface area contributed by atoms with Crippen molar-refractivity contribution in [2.24, 2.45) is 18.5 Å². The fourth-order valence-corrected chi connectivity index (χ4v) is 2.55. The first-order chi connectivity index (χ1) is 12.9. The number of carbonyl (C=O) groups is 2. The van der Waals surface area contributed by atoms with Crippen molar-refractivity contribution in [1.82, 2.24) is 25.0 Å². The van der Waals surface area contributed by atoms with Crippen LogP contribution in [0.2, 0.25) is 0 Å². The molecule has 3 rings (SSSR count). The first-order valence-electron chi connectivity index (χ1n) is 8.18. The summed E-state index contributed by atoms with van der Waals surface area (Å²) >= 11 is 0. The predicted molar refractivity (Wildman–Crippen MR) is 99.2 cm³/mol. The van der Waals surface area contributed by atoms with Gasteiger partial charge < -0.3 is 22.1 Å². The molecule has 2 aromatic heterocycles. The quantitative estimate of drug-likeness (QED) is 0.460. The van der Waals surface area contributed by atoms with Crippen LogP contribution in [0.25, 0.3) is 10.9 Å². The maximum absolute atomic E-state index is 11.7. The zero-order valence-electron chi connectivity index (χ0n) is 14.8. The van der Waals surface area contributed by atoms with E-state index in [-0.39, 0.29) is 17.5 Å². The first-order valence-corrected chi connectivity index (χ1v) is 8.18. The Morgan fingerprint density at radius 2 is 2.04 bits per heavy atom. The third-order valence-electron chi connectivity index (χ3n) is 3.98. The van der Waals surface area contributed by atoms with E-state index in [1.54, 1.807) is 17.8 Å². The fourth-order valence-electron chi connectivity index (χ4n) is 2.55. The molecule has 0 saturated heterocycles. The number of primary amides is 2. The number of nitrogens with zero attached hydrogens (tertiary/aromatic N) is 5. The molecule has 6 N–H and O–H groups in total. The smallest absolute Gasteiger partial charge is 0.273 e. The molecule has 1 aromatic carbocycles. The van der Waals surface area contributed by atoms with Crippen molar-refractivity contribution < 1.29 is 9.59 Å². The molecule has 2 amide bonds. The van der Waals surface area contributed by atoms with Gasteiger partial charge in [-0.1, -0.05) is 6.92 Å². The van der Waals surface area contributed by atoms with E-state index in [1.807, 2.05) is 25.2 Å². The molecule has 11 heteroatoms. The third kappa shape index (κ3) is 3.76. The number of carbonyl (C=O) groups excluding carboxylic acids is 2. The van der Waals surface area contributed by atoms with Crippen LogP contribution in [-0.4, -0.2) is 42.8 Å². The number of amides is 2. The summed E-state index contributed by atoms with van der Waals surface area (Å²) in [5.74, 6) is -1.16. The standard InChI is InChI=1S/C16H19N9O2/c1-3-10(13(17)26)21-16-22-15(12(14(18)27)23-24-16)20-9-4-5-11-8(6-9)7-19-25(11)2/h4-7,10H,3H2,1-2H3,(H2,17,26)(H2,18,27)(H2,20,21,22,24)/t10-/m1/s1. The second-order valence-corrected chi connectivity index (χ2v) is 5.87. The maximum atomic E-state index is 11.7. The number of fused-ring (bicyclic) bond motifs is 1. The molecule has 0 radical (unpaired) electrons. The van der Waals surface area contributed by atoms with Gasteiger partial charge in [-0.2, -0.15) is 10.1 Å². The van der Waals surface area contributed by atoms with E-state index in [0.717, 1.165) is 10.9 Å². The molecule has 0 bridgehead atoms. The van der Waals surface area contributed by atoms with Crippen molar-refractivity contribution >= 4 is 40.2 Å². The topological polar surface area (TPSA) is 167 Å². The molecular weight excluding hydrogens is 350 g/mol. The van der Waals surface area contributed by atoms with E-state index in [1.165, 1.54) is 0 Å². The molecule has 11 nitrogen and oxygen atoms in total. The normalized spacial score (nSPS) is 11.9. The van der Waals surface area contributed by atoms with Crippen LogP contribution < -0.4 is 22.1 Å². The Balaban J connectivity index is 1.94. The van der Waals surface area contributed by atoms with E-state index >= 15 is 0 Å². The minimum absolute atomic E-state index is 0.0515. The summed E-state index contributed by atoms with van der Waals surface area (Å²) in [5.41, 5.74) is 12.2. The van der Waals surface area contributed by atoms with E-state index < -0.39 is 17.9 Å². The van der Waals surface area contributed by atoms with Gasteiger partial charge in [-0.3, -0.25) is 14.3 Å². The van der Waals surface area contributed by atoms with Crippen molar-refractivity contribution in [2.75, 3.05) is 10.6 Å². The number of rotatable bonds is 7. The van der Waals surface area contributed by atoms with Crippen LogP contribution in [-0.2, 0) is 11.8 Å². The number of aryl methyl sites for hydroxylation is 1. The van der Waals surface area contributed by atoms with Gasteiger partial charge in [-0.25, -0.2) is 0 Å². The number of hydrogen-bond donors (Lipinski definition) is 4. The molecule has 0 unspecified atom stereocenters. The zero-order valence-corrected chi connectivity index (χ0v) is 14.8. The van der Waals surface area contributed by atoms with Crippen LogP contribution in [0.5, 0.6) is 0 Å². The second kappa shape index (κ2) is 7.23. The van der Waals surface area contributed by atoms with Gasteiger partial charge in [0.25, 0.3) is 5.91 Å². The summed E-state index contributed by atoms with van der Waals surface area (Å²) in [4.78, 5) is 27.3. The molecule has 0 aliphatic carbocycles. The van der Waals surface area contributed by atoms with Crippen LogP contribution in [0, 0.1) is 0 Å². The van der Waals surface area contributed by atoms with Crippen LogP contribution in [0.15, 0.2) is 24.4 Å². The summed E-state index contributed by atoms with van der Waals surface area (Å²) in [6, 6.07) is 4.87. The number of anilines is 3. The predicted octanol–water partition coefficient (Wildman–Crippen LogP) is 0.277. The summed E-state index contributed by atoms with van der Waals surface area (Å²) in [6.45, 7) is 1.79. The fraction of sp³-hybridized carbons (Fsp3) is 0.250. The second-order valence-electron chi connectivity index (χ2n) is 5.87. The van der Waals surface area contributed by atoms with Crippen molar-refractivity contribution in [2.45, 2.75) is 19.4 Å². The molecule has 3 aromatic rings. The minimum atomic E-state index is -0.784. The molecule has 2 heterocycles. The summed E-state index contributed by atoms with van der Waals surface area (Å²) in [7, 11) is 1.84. The molecule has 0 spiro atoms.